The zero-order valence-corrected chi connectivity index (χ0v) is 9.32. The highest BCUT2D eigenvalue weighted by molar-refractivity contribution is 5.69. The van der Waals surface area contributed by atoms with E-state index in [1.165, 1.54) is 31.6 Å². The first kappa shape index (κ1) is 12.3. The van der Waals surface area contributed by atoms with Crippen LogP contribution in [0.2, 0.25) is 0 Å². The average molecular weight is 253 g/mol. The van der Waals surface area contributed by atoms with Crippen LogP contribution in [0.25, 0.3) is 11.3 Å². The number of methoxy groups -OCH3 is 1. The molecule has 0 N–H and O–H groups in total. The van der Waals surface area contributed by atoms with E-state index in [4.69, 9.17) is 4.74 Å². The minimum atomic E-state index is -4.47. The summed E-state index contributed by atoms with van der Waals surface area (Å²) in [4.78, 5) is 7.45. The minimum Gasteiger partial charge on any atom is -0.494 e. The SMILES string of the molecule is COc1[c]nccc1-c1ncccc1C(F)(F)F. The molecule has 0 unspecified atom stereocenters. The van der Waals surface area contributed by atoms with E-state index in [1.54, 1.807) is 0 Å². The predicted molar refractivity (Wildman–Crippen MR) is 57.9 cm³/mol. The van der Waals surface area contributed by atoms with Crippen LogP contribution in [0.3, 0.4) is 0 Å². The van der Waals surface area contributed by atoms with Gasteiger partial charge in [0.1, 0.15) is 6.20 Å². The summed E-state index contributed by atoms with van der Waals surface area (Å²) in [6.07, 6.45) is 0.646. The molecule has 0 aliphatic carbocycles. The van der Waals surface area contributed by atoms with Crippen LogP contribution in [0.5, 0.6) is 5.75 Å². The third-order valence-electron chi connectivity index (χ3n) is 2.30. The zero-order valence-electron chi connectivity index (χ0n) is 9.32. The number of ether oxygens (including phenoxy) is 1. The number of pyridine rings is 2. The van der Waals surface area contributed by atoms with Gasteiger partial charge in [-0.05, 0) is 18.2 Å². The van der Waals surface area contributed by atoms with E-state index < -0.39 is 11.7 Å². The molecular formula is C12H8F3N2O. The second kappa shape index (κ2) is 4.64. The quantitative estimate of drug-likeness (QED) is 0.825. The Morgan fingerprint density at radius 2 is 2.00 bits per heavy atom. The fraction of sp³-hybridized carbons (Fsp3) is 0.167. The highest BCUT2D eigenvalue weighted by atomic mass is 19.4. The normalized spacial score (nSPS) is 11.3. The van der Waals surface area contributed by atoms with Gasteiger partial charge in [0, 0.05) is 18.0 Å². The third kappa shape index (κ3) is 2.27. The van der Waals surface area contributed by atoms with Gasteiger partial charge in [-0.3, -0.25) is 9.97 Å². The van der Waals surface area contributed by atoms with Crippen molar-refractivity contribution < 1.29 is 17.9 Å². The number of halogens is 3. The van der Waals surface area contributed by atoms with Crippen molar-refractivity contribution in [2.24, 2.45) is 0 Å². The Labute approximate surface area is 101 Å². The maximum atomic E-state index is 12.9. The lowest BCUT2D eigenvalue weighted by molar-refractivity contribution is -0.137. The molecule has 93 valence electrons. The van der Waals surface area contributed by atoms with Gasteiger partial charge in [-0.15, -0.1) is 0 Å². The molecule has 0 aliphatic rings. The Balaban J connectivity index is 2.65. The molecule has 2 aromatic heterocycles. The second-order valence-corrected chi connectivity index (χ2v) is 3.40. The molecule has 18 heavy (non-hydrogen) atoms. The second-order valence-electron chi connectivity index (χ2n) is 3.40. The Hall–Kier alpha value is -2.11. The molecular weight excluding hydrogens is 245 g/mol. The summed E-state index contributed by atoms with van der Waals surface area (Å²) < 4.78 is 43.5. The van der Waals surface area contributed by atoms with Gasteiger partial charge in [0.25, 0.3) is 0 Å². The molecule has 0 aliphatic heterocycles. The first-order valence-electron chi connectivity index (χ1n) is 4.97. The van der Waals surface area contributed by atoms with E-state index in [1.807, 2.05) is 0 Å². The van der Waals surface area contributed by atoms with Crippen molar-refractivity contribution in [2.75, 3.05) is 7.11 Å². The number of alkyl halides is 3. The molecule has 0 fully saturated rings. The van der Waals surface area contributed by atoms with Crippen LogP contribution in [0, 0.1) is 6.20 Å². The lowest BCUT2D eigenvalue weighted by atomic mass is 10.1. The van der Waals surface area contributed by atoms with Crippen LogP contribution in [-0.4, -0.2) is 17.1 Å². The van der Waals surface area contributed by atoms with Crippen molar-refractivity contribution in [3.63, 3.8) is 0 Å². The number of hydrogen-bond donors (Lipinski definition) is 0. The van der Waals surface area contributed by atoms with E-state index in [-0.39, 0.29) is 17.0 Å². The van der Waals surface area contributed by atoms with Gasteiger partial charge in [-0.2, -0.15) is 13.2 Å². The molecule has 0 amide bonds. The van der Waals surface area contributed by atoms with E-state index in [9.17, 15) is 13.2 Å². The van der Waals surface area contributed by atoms with Gasteiger partial charge in [0.05, 0.1) is 18.4 Å². The summed E-state index contributed by atoms with van der Waals surface area (Å²) in [5.74, 6) is 0.127. The van der Waals surface area contributed by atoms with E-state index in [0.29, 0.717) is 0 Å². The molecule has 0 saturated heterocycles. The fourth-order valence-corrected chi connectivity index (χ4v) is 1.53. The van der Waals surface area contributed by atoms with Gasteiger partial charge >= 0.3 is 6.18 Å². The van der Waals surface area contributed by atoms with E-state index in [0.717, 1.165) is 6.07 Å². The highest BCUT2D eigenvalue weighted by Crippen LogP contribution is 2.38. The molecule has 0 bridgehead atoms. The third-order valence-corrected chi connectivity index (χ3v) is 2.30. The summed E-state index contributed by atoms with van der Waals surface area (Å²) >= 11 is 0. The topological polar surface area (TPSA) is 35.0 Å². The number of hydrogen-bond acceptors (Lipinski definition) is 3. The van der Waals surface area contributed by atoms with Crippen molar-refractivity contribution >= 4 is 0 Å². The maximum absolute atomic E-state index is 12.9. The molecule has 0 spiro atoms. The van der Waals surface area contributed by atoms with E-state index >= 15 is 0 Å². The van der Waals surface area contributed by atoms with E-state index in [2.05, 4.69) is 16.2 Å². The van der Waals surface area contributed by atoms with Crippen LogP contribution in [0.1, 0.15) is 5.56 Å². The number of nitrogens with zero attached hydrogens (tertiary/aromatic N) is 2. The van der Waals surface area contributed by atoms with Crippen molar-refractivity contribution in [3.8, 4) is 17.0 Å². The smallest absolute Gasteiger partial charge is 0.418 e. The molecule has 0 aromatic carbocycles. The van der Waals surface area contributed by atoms with Gasteiger partial charge in [0.15, 0.2) is 5.75 Å². The zero-order chi connectivity index (χ0) is 13.2. The summed E-state index contributed by atoms with van der Waals surface area (Å²) in [6, 6.07) is 3.62. The summed E-state index contributed by atoms with van der Waals surface area (Å²) in [5, 5.41) is 0. The van der Waals surface area contributed by atoms with Crippen LogP contribution >= 0.6 is 0 Å². The molecule has 2 rings (SSSR count). The summed E-state index contributed by atoms with van der Waals surface area (Å²) in [7, 11) is 1.34. The molecule has 0 atom stereocenters. The summed E-state index contributed by atoms with van der Waals surface area (Å²) in [6.45, 7) is 0. The van der Waals surface area contributed by atoms with Gasteiger partial charge in [-0.1, -0.05) is 0 Å². The fourth-order valence-electron chi connectivity index (χ4n) is 1.53. The molecule has 6 heteroatoms. The van der Waals surface area contributed by atoms with Crippen LogP contribution < -0.4 is 4.74 Å². The highest BCUT2D eigenvalue weighted by Gasteiger charge is 2.34. The number of rotatable bonds is 2. The van der Waals surface area contributed by atoms with Crippen molar-refractivity contribution in [1.29, 1.82) is 0 Å². The summed E-state index contributed by atoms with van der Waals surface area (Å²) in [5.41, 5.74) is -0.802. The van der Waals surface area contributed by atoms with Crippen molar-refractivity contribution in [3.05, 3.63) is 42.4 Å². The molecule has 1 radical (unpaired) electrons. The Kier molecular flexibility index (Phi) is 3.18. The molecule has 0 saturated carbocycles. The van der Waals surface area contributed by atoms with Crippen LogP contribution in [0.15, 0.2) is 30.6 Å². The van der Waals surface area contributed by atoms with Gasteiger partial charge < -0.3 is 4.74 Å². The minimum absolute atomic E-state index is 0.127. The molecule has 2 aromatic rings. The van der Waals surface area contributed by atoms with Crippen LogP contribution in [-0.2, 0) is 6.18 Å². The monoisotopic (exact) mass is 253 g/mol. The Morgan fingerprint density at radius 1 is 1.22 bits per heavy atom. The molecule has 3 nitrogen and oxygen atoms in total. The lowest BCUT2D eigenvalue weighted by Gasteiger charge is -2.13. The maximum Gasteiger partial charge on any atom is 0.418 e. The van der Waals surface area contributed by atoms with Crippen LogP contribution in [0.4, 0.5) is 13.2 Å². The number of aromatic nitrogens is 2. The van der Waals surface area contributed by atoms with Gasteiger partial charge in [0.2, 0.25) is 0 Å². The Morgan fingerprint density at radius 3 is 2.67 bits per heavy atom. The first-order chi connectivity index (χ1) is 8.54. The van der Waals surface area contributed by atoms with Gasteiger partial charge in [-0.25, -0.2) is 0 Å². The van der Waals surface area contributed by atoms with Crippen molar-refractivity contribution in [1.82, 2.24) is 9.97 Å². The predicted octanol–water partition coefficient (Wildman–Crippen LogP) is 2.97. The molecule has 2 heterocycles. The first-order valence-corrected chi connectivity index (χ1v) is 4.97. The average Bonchev–Trinajstić information content (AvgIpc) is 2.37. The largest absolute Gasteiger partial charge is 0.494 e. The lowest BCUT2D eigenvalue weighted by Crippen LogP contribution is -2.08. The standard InChI is InChI=1S/C12H8F3N2O/c1-18-10-7-16-6-4-8(10)11-9(12(13,14)15)3-2-5-17-11/h2-6H,1H3. The van der Waals surface area contributed by atoms with Crippen molar-refractivity contribution in [2.45, 2.75) is 6.18 Å². The Bertz CT molecular complexity index is 555.